The number of β-amino-alcohol motifs (C(OH)–C–C–N with tert-alkyl or cyclic N) is 1. The first-order valence-corrected chi connectivity index (χ1v) is 9.58. The topological polar surface area (TPSA) is 74.9 Å². The molecule has 2 heterocycles. The molecule has 29 heavy (non-hydrogen) atoms. The molecular weight excluding hydrogens is 375 g/mol. The number of rotatable bonds is 7. The Morgan fingerprint density at radius 2 is 1.93 bits per heavy atom. The molecule has 7 nitrogen and oxygen atoms in total. The molecule has 1 atom stereocenters. The SMILES string of the molecule is O[C@@H](COc1cccc(-c2nnco2)c1)CN1CCN(c2ccccc2F)CC1. The predicted octanol–water partition coefficient (Wildman–Crippen LogP) is 2.44. The number of aliphatic hydroxyl groups is 1. The van der Waals surface area contributed by atoms with Crippen molar-refractivity contribution < 1.29 is 18.7 Å². The standard InChI is InChI=1S/C21H23FN4O3/c22-19-6-1-2-7-20(19)26-10-8-25(9-11-26)13-17(27)14-28-18-5-3-4-16(12-18)21-24-23-15-29-21/h1-7,12,15,17,27H,8-11,13-14H2/t17-/m1/s1. The Bertz CT molecular complexity index is 914. The summed E-state index contributed by atoms with van der Waals surface area (Å²) in [6.45, 7) is 3.66. The third-order valence-corrected chi connectivity index (χ3v) is 4.92. The lowest BCUT2D eigenvalue weighted by Gasteiger charge is -2.36. The van der Waals surface area contributed by atoms with E-state index in [4.69, 9.17) is 9.15 Å². The number of anilines is 1. The number of hydrogen-bond acceptors (Lipinski definition) is 7. The van der Waals surface area contributed by atoms with Crippen LogP contribution in [0.3, 0.4) is 0 Å². The van der Waals surface area contributed by atoms with Crippen LogP contribution in [-0.4, -0.2) is 65.6 Å². The van der Waals surface area contributed by atoms with Crippen LogP contribution in [0.5, 0.6) is 5.75 Å². The second-order valence-electron chi connectivity index (χ2n) is 6.98. The lowest BCUT2D eigenvalue weighted by atomic mass is 10.2. The first kappa shape index (κ1) is 19.4. The Morgan fingerprint density at radius 3 is 2.69 bits per heavy atom. The van der Waals surface area contributed by atoms with Gasteiger partial charge in [0.15, 0.2) is 0 Å². The van der Waals surface area contributed by atoms with Crippen LogP contribution in [-0.2, 0) is 0 Å². The molecule has 1 aliphatic rings. The van der Waals surface area contributed by atoms with E-state index in [0.717, 1.165) is 31.7 Å². The molecule has 3 aromatic rings. The van der Waals surface area contributed by atoms with Gasteiger partial charge in [0, 0.05) is 38.3 Å². The van der Waals surface area contributed by atoms with Gasteiger partial charge in [-0.2, -0.15) is 0 Å². The molecule has 0 aliphatic carbocycles. The van der Waals surface area contributed by atoms with Crippen LogP contribution in [0, 0.1) is 5.82 Å². The zero-order valence-electron chi connectivity index (χ0n) is 15.9. The summed E-state index contributed by atoms with van der Waals surface area (Å²) < 4.78 is 24.9. The van der Waals surface area contributed by atoms with Crippen molar-refractivity contribution in [2.24, 2.45) is 0 Å². The summed E-state index contributed by atoms with van der Waals surface area (Å²) in [5.41, 5.74) is 1.40. The summed E-state index contributed by atoms with van der Waals surface area (Å²) in [6.07, 6.45) is 0.653. The van der Waals surface area contributed by atoms with Gasteiger partial charge in [-0.25, -0.2) is 4.39 Å². The average Bonchev–Trinajstić information content (AvgIpc) is 3.29. The van der Waals surface area contributed by atoms with Gasteiger partial charge in [-0.05, 0) is 30.3 Å². The zero-order valence-corrected chi connectivity index (χ0v) is 15.9. The lowest BCUT2D eigenvalue weighted by molar-refractivity contribution is 0.0663. The maximum absolute atomic E-state index is 13.9. The third-order valence-electron chi connectivity index (χ3n) is 4.92. The molecule has 1 fully saturated rings. The number of nitrogens with zero attached hydrogens (tertiary/aromatic N) is 4. The molecule has 0 unspecified atom stereocenters. The monoisotopic (exact) mass is 398 g/mol. The van der Waals surface area contributed by atoms with Gasteiger partial charge in [0.05, 0.1) is 5.69 Å². The Balaban J connectivity index is 1.24. The highest BCUT2D eigenvalue weighted by molar-refractivity contribution is 5.55. The van der Waals surface area contributed by atoms with Gasteiger partial charge in [0.2, 0.25) is 12.3 Å². The minimum Gasteiger partial charge on any atom is -0.491 e. The normalized spacial score (nSPS) is 16.0. The molecule has 1 aromatic heterocycles. The van der Waals surface area contributed by atoms with Crippen molar-refractivity contribution in [1.29, 1.82) is 0 Å². The predicted molar refractivity (Wildman–Crippen MR) is 106 cm³/mol. The Kier molecular flexibility index (Phi) is 6.02. The summed E-state index contributed by atoms with van der Waals surface area (Å²) in [4.78, 5) is 4.21. The third kappa shape index (κ3) is 4.90. The number of benzene rings is 2. The first-order valence-electron chi connectivity index (χ1n) is 9.58. The van der Waals surface area contributed by atoms with E-state index in [1.165, 1.54) is 12.5 Å². The number of aliphatic hydroxyl groups excluding tert-OH is 1. The van der Waals surface area contributed by atoms with Crippen LogP contribution in [0.2, 0.25) is 0 Å². The second-order valence-corrected chi connectivity index (χ2v) is 6.98. The summed E-state index contributed by atoms with van der Waals surface area (Å²) >= 11 is 0. The minimum atomic E-state index is -0.623. The van der Waals surface area contributed by atoms with Crippen LogP contribution in [0.1, 0.15) is 0 Å². The molecule has 152 valence electrons. The van der Waals surface area contributed by atoms with Crippen molar-refractivity contribution in [3.63, 3.8) is 0 Å². The van der Waals surface area contributed by atoms with Crippen molar-refractivity contribution in [3.05, 3.63) is 60.7 Å². The molecule has 0 saturated carbocycles. The average molecular weight is 398 g/mol. The van der Waals surface area contributed by atoms with Gasteiger partial charge in [0.1, 0.15) is 24.3 Å². The largest absolute Gasteiger partial charge is 0.491 e. The Labute approximate surface area is 168 Å². The maximum Gasteiger partial charge on any atom is 0.247 e. The van der Waals surface area contributed by atoms with E-state index >= 15 is 0 Å². The van der Waals surface area contributed by atoms with E-state index in [1.54, 1.807) is 18.2 Å². The van der Waals surface area contributed by atoms with Crippen LogP contribution < -0.4 is 9.64 Å². The number of aromatic nitrogens is 2. The van der Waals surface area contributed by atoms with E-state index < -0.39 is 6.10 Å². The van der Waals surface area contributed by atoms with Crippen LogP contribution in [0.25, 0.3) is 11.5 Å². The zero-order chi connectivity index (χ0) is 20.1. The number of piperazine rings is 1. The van der Waals surface area contributed by atoms with E-state index in [9.17, 15) is 9.50 Å². The van der Waals surface area contributed by atoms with E-state index in [0.29, 0.717) is 23.9 Å². The molecule has 0 radical (unpaired) electrons. The molecular formula is C21H23FN4O3. The van der Waals surface area contributed by atoms with Crippen LogP contribution >= 0.6 is 0 Å². The van der Waals surface area contributed by atoms with Gasteiger partial charge in [-0.1, -0.05) is 18.2 Å². The van der Waals surface area contributed by atoms with E-state index in [-0.39, 0.29) is 12.4 Å². The molecule has 2 aromatic carbocycles. The Hall–Kier alpha value is -2.97. The fourth-order valence-electron chi connectivity index (χ4n) is 3.44. The van der Waals surface area contributed by atoms with Gasteiger partial charge in [0.25, 0.3) is 0 Å². The fourth-order valence-corrected chi connectivity index (χ4v) is 3.44. The van der Waals surface area contributed by atoms with Crippen LogP contribution in [0.15, 0.2) is 59.3 Å². The van der Waals surface area contributed by atoms with Gasteiger partial charge in [-0.3, -0.25) is 4.90 Å². The summed E-state index contributed by atoms with van der Waals surface area (Å²) in [5.74, 6) is 0.852. The van der Waals surface area contributed by atoms with Crippen molar-refractivity contribution >= 4 is 5.69 Å². The fraction of sp³-hybridized carbons (Fsp3) is 0.333. The van der Waals surface area contributed by atoms with Crippen molar-refractivity contribution in [1.82, 2.24) is 15.1 Å². The summed E-state index contributed by atoms with van der Waals surface area (Å²) in [7, 11) is 0. The Morgan fingerprint density at radius 1 is 1.10 bits per heavy atom. The molecule has 1 saturated heterocycles. The van der Waals surface area contributed by atoms with Crippen molar-refractivity contribution in [3.8, 4) is 17.2 Å². The molecule has 4 rings (SSSR count). The van der Waals surface area contributed by atoms with Crippen molar-refractivity contribution in [2.45, 2.75) is 6.10 Å². The molecule has 1 N–H and O–H groups in total. The highest BCUT2D eigenvalue weighted by atomic mass is 19.1. The van der Waals surface area contributed by atoms with Crippen molar-refractivity contribution in [2.75, 3.05) is 44.2 Å². The lowest BCUT2D eigenvalue weighted by Crippen LogP contribution is -2.49. The number of ether oxygens (including phenoxy) is 1. The molecule has 0 bridgehead atoms. The first-order chi connectivity index (χ1) is 14.2. The number of hydrogen-bond donors (Lipinski definition) is 1. The minimum absolute atomic E-state index is 0.181. The number of halogens is 1. The second kappa shape index (κ2) is 9.02. The van der Waals surface area contributed by atoms with Gasteiger partial charge < -0.3 is 19.2 Å². The van der Waals surface area contributed by atoms with Gasteiger partial charge in [-0.15, -0.1) is 10.2 Å². The molecule has 8 heteroatoms. The van der Waals surface area contributed by atoms with E-state index in [2.05, 4.69) is 15.1 Å². The highest BCUT2D eigenvalue weighted by Gasteiger charge is 2.21. The van der Waals surface area contributed by atoms with Crippen LogP contribution in [0.4, 0.5) is 10.1 Å². The smallest absolute Gasteiger partial charge is 0.247 e. The maximum atomic E-state index is 13.9. The highest BCUT2D eigenvalue weighted by Crippen LogP contribution is 2.22. The molecule has 0 amide bonds. The molecule has 1 aliphatic heterocycles. The van der Waals surface area contributed by atoms with E-state index in [1.807, 2.05) is 29.2 Å². The molecule has 0 spiro atoms. The quantitative estimate of drug-likeness (QED) is 0.655. The number of para-hydroxylation sites is 1. The summed E-state index contributed by atoms with van der Waals surface area (Å²) in [6, 6.07) is 14.1. The summed E-state index contributed by atoms with van der Waals surface area (Å²) in [5, 5.41) is 17.9. The van der Waals surface area contributed by atoms with Gasteiger partial charge >= 0.3 is 0 Å².